The van der Waals surface area contributed by atoms with Crippen LogP contribution < -0.4 is 17.0 Å². The van der Waals surface area contributed by atoms with Crippen molar-refractivity contribution in [2.45, 2.75) is 19.1 Å². The molecule has 1 atom stereocenters. The molecule has 0 aliphatic carbocycles. The van der Waals surface area contributed by atoms with Crippen LogP contribution in [0, 0.1) is 6.92 Å². The minimum atomic E-state index is -4.42. The van der Waals surface area contributed by atoms with Crippen LogP contribution in [0.4, 0.5) is 18.9 Å². The average molecular weight is 295 g/mol. The lowest BCUT2D eigenvalue weighted by Gasteiger charge is -2.20. The van der Waals surface area contributed by atoms with Crippen LogP contribution >= 0.6 is 0 Å². The molecule has 0 bridgehead atoms. The number of nitrogens with two attached hydrogens (primary N) is 2. The lowest BCUT2D eigenvalue weighted by Crippen LogP contribution is -2.29. The zero-order valence-corrected chi connectivity index (χ0v) is 11.4. The van der Waals surface area contributed by atoms with E-state index in [0.717, 1.165) is 23.3 Å². The molecule has 2 aromatic rings. The predicted molar refractivity (Wildman–Crippen MR) is 76.2 cm³/mol. The molecule has 5 N–H and O–H groups in total. The third kappa shape index (κ3) is 3.34. The molecule has 0 aromatic heterocycles. The number of hydrogen-bond acceptors (Lipinski definition) is 3. The first-order valence-corrected chi connectivity index (χ1v) is 6.32. The monoisotopic (exact) mass is 295 g/mol. The molecule has 0 spiro atoms. The van der Waals surface area contributed by atoms with E-state index in [4.69, 9.17) is 11.6 Å². The molecule has 2 aromatic carbocycles. The van der Waals surface area contributed by atoms with Gasteiger partial charge in [-0.25, -0.2) is 5.43 Å². The summed E-state index contributed by atoms with van der Waals surface area (Å²) in [6.07, 6.45) is -4.42. The highest BCUT2D eigenvalue weighted by Crippen LogP contribution is 2.34. The van der Waals surface area contributed by atoms with E-state index < -0.39 is 17.8 Å². The minimum absolute atomic E-state index is 0.256. The summed E-state index contributed by atoms with van der Waals surface area (Å²) in [6.45, 7) is 1.92. The van der Waals surface area contributed by atoms with E-state index in [1.807, 2.05) is 19.1 Å². The van der Waals surface area contributed by atoms with E-state index in [2.05, 4.69) is 5.43 Å². The molecule has 3 nitrogen and oxygen atoms in total. The van der Waals surface area contributed by atoms with Gasteiger partial charge in [0.25, 0.3) is 0 Å². The maximum absolute atomic E-state index is 12.8. The molecule has 0 heterocycles. The van der Waals surface area contributed by atoms with Gasteiger partial charge in [0, 0.05) is 5.69 Å². The van der Waals surface area contributed by atoms with Gasteiger partial charge >= 0.3 is 6.18 Å². The zero-order valence-electron chi connectivity index (χ0n) is 11.4. The Morgan fingerprint density at radius 3 is 2.19 bits per heavy atom. The fourth-order valence-corrected chi connectivity index (χ4v) is 2.13. The molecule has 2 rings (SSSR count). The van der Waals surface area contributed by atoms with Crippen LogP contribution in [-0.4, -0.2) is 0 Å². The van der Waals surface area contributed by atoms with Gasteiger partial charge < -0.3 is 5.73 Å². The molecule has 0 radical (unpaired) electrons. The topological polar surface area (TPSA) is 64.1 Å². The summed E-state index contributed by atoms with van der Waals surface area (Å²) in [5.74, 6) is 5.52. The Morgan fingerprint density at radius 2 is 1.67 bits per heavy atom. The van der Waals surface area contributed by atoms with Crippen LogP contribution in [0.2, 0.25) is 0 Å². The van der Waals surface area contributed by atoms with Crippen LogP contribution in [0.25, 0.3) is 0 Å². The van der Waals surface area contributed by atoms with Crippen molar-refractivity contribution >= 4 is 5.69 Å². The molecule has 21 heavy (non-hydrogen) atoms. The molecule has 112 valence electrons. The van der Waals surface area contributed by atoms with Crippen molar-refractivity contribution in [3.63, 3.8) is 0 Å². The Kier molecular flexibility index (Phi) is 4.20. The zero-order chi connectivity index (χ0) is 15.6. The molecule has 0 aliphatic rings. The molecule has 0 aliphatic heterocycles. The van der Waals surface area contributed by atoms with Crippen LogP contribution in [0.1, 0.15) is 28.3 Å². The molecule has 0 saturated carbocycles. The van der Waals surface area contributed by atoms with Crippen molar-refractivity contribution in [2.75, 3.05) is 5.73 Å². The van der Waals surface area contributed by atoms with Crippen molar-refractivity contribution in [3.05, 3.63) is 64.7 Å². The number of benzene rings is 2. The summed E-state index contributed by atoms with van der Waals surface area (Å²) in [7, 11) is 0. The van der Waals surface area contributed by atoms with Gasteiger partial charge in [0.15, 0.2) is 0 Å². The fraction of sp³-hybridized carbons (Fsp3) is 0.200. The summed E-state index contributed by atoms with van der Waals surface area (Å²) >= 11 is 0. The molecule has 6 heteroatoms. The smallest absolute Gasteiger partial charge is 0.398 e. The Labute approximate surface area is 120 Å². The van der Waals surface area contributed by atoms with Crippen molar-refractivity contribution in [1.29, 1.82) is 0 Å². The predicted octanol–water partition coefficient (Wildman–Crippen LogP) is 3.15. The van der Waals surface area contributed by atoms with Gasteiger partial charge in [-0.3, -0.25) is 5.84 Å². The number of hydrogen-bond donors (Lipinski definition) is 3. The first-order chi connectivity index (χ1) is 9.82. The molecular formula is C15H16F3N3. The molecule has 0 amide bonds. The van der Waals surface area contributed by atoms with Crippen LogP contribution in [0.3, 0.4) is 0 Å². The number of halogens is 3. The second-order valence-electron chi connectivity index (χ2n) is 4.85. The summed E-state index contributed by atoms with van der Waals surface area (Å²) in [4.78, 5) is 0. The van der Waals surface area contributed by atoms with E-state index in [9.17, 15) is 13.2 Å². The summed E-state index contributed by atoms with van der Waals surface area (Å²) in [5, 5.41) is 0. The number of anilines is 1. The van der Waals surface area contributed by atoms with Crippen molar-refractivity contribution < 1.29 is 13.2 Å². The quantitative estimate of drug-likeness (QED) is 0.463. The largest absolute Gasteiger partial charge is 0.416 e. The number of aryl methyl sites for hydroxylation is 1. The van der Waals surface area contributed by atoms with E-state index >= 15 is 0 Å². The first kappa shape index (κ1) is 15.3. The normalized spacial score (nSPS) is 13.2. The molecule has 1 unspecified atom stereocenters. The number of alkyl halides is 3. The average Bonchev–Trinajstić information content (AvgIpc) is 2.42. The summed E-state index contributed by atoms with van der Waals surface area (Å²) < 4.78 is 38.5. The van der Waals surface area contributed by atoms with E-state index in [1.54, 1.807) is 12.1 Å². The highest BCUT2D eigenvalue weighted by Gasteiger charge is 2.31. The van der Waals surface area contributed by atoms with E-state index in [-0.39, 0.29) is 5.69 Å². The fourth-order valence-electron chi connectivity index (χ4n) is 2.13. The SMILES string of the molecule is Cc1ccc(C(NN)c2cc(C(F)(F)F)ccc2N)cc1. The van der Waals surface area contributed by atoms with Crippen LogP contribution in [0.15, 0.2) is 42.5 Å². The van der Waals surface area contributed by atoms with Crippen molar-refractivity contribution in [3.8, 4) is 0 Å². The number of nitrogens with one attached hydrogen (secondary N) is 1. The Morgan fingerprint density at radius 1 is 1.05 bits per heavy atom. The Hall–Kier alpha value is -2.05. The maximum Gasteiger partial charge on any atom is 0.416 e. The van der Waals surface area contributed by atoms with Gasteiger partial charge in [0.2, 0.25) is 0 Å². The van der Waals surface area contributed by atoms with Gasteiger partial charge in [-0.1, -0.05) is 29.8 Å². The van der Waals surface area contributed by atoms with Crippen molar-refractivity contribution in [1.82, 2.24) is 5.43 Å². The molecule has 0 saturated heterocycles. The van der Waals surface area contributed by atoms with Crippen LogP contribution in [0.5, 0.6) is 0 Å². The summed E-state index contributed by atoms with van der Waals surface area (Å²) in [5.41, 5.74) is 9.94. The van der Waals surface area contributed by atoms with Gasteiger partial charge in [0.1, 0.15) is 0 Å². The van der Waals surface area contributed by atoms with Gasteiger partial charge in [-0.05, 0) is 36.2 Å². The van der Waals surface area contributed by atoms with Gasteiger partial charge in [-0.2, -0.15) is 13.2 Å². The van der Waals surface area contributed by atoms with Gasteiger partial charge in [0.05, 0.1) is 11.6 Å². The molecule has 0 fully saturated rings. The van der Waals surface area contributed by atoms with E-state index in [0.29, 0.717) is 5.56 Å². The lowest BCUT2D eigenvalue weighted by atomic mass is 9.95. The van der Waals surface area contributed by atoms with Crippen LogP contribution in [-0.2, 0) is 6.18 Å². The summed E-state index contributed by atoms with van der Waals surface area (Å²) in [6, 6.07) is 9.97. The number of hydrazine groups is 1. The molecular weight excluding hydrogens is 279 g/mol. The third-order valence-electron chi connectivity index (χ3n) is 3.30. The van der Waals surface area contributed by atoms with Gasteiger partial charge in [-0.15, -0.1) is 0 Å². The van der Waals surface area contributed by atoms with Crippen molar-refractivity contribution in [2.24, 2.45) is 5.84 Å². The minimum Gasteiger partial charge on any atom is -0.398 e. The third-order valence-corrected chi connectivity index (χ3v) is 3.30. The maximum atomic E-state index is 12.8. The Balaban J connectivity index is 2.49. The Bertz CT molecular complexity index is 621. The highest BCUT2D eigenvalue weighted by atomic mass is 19.4. The number of nitrogen functional groups attached to an aromatic ring is 1. The second kappa shape index (κ2) is 5.75. The second-order valence-corrected chi connectivity index (χ2v) is 4.85. The standard InChI is InChI=1S/C15H16F3N3/c1-9-2-4-10(5-3-9)14(21-20)12-8-11(15(16,17)18)6-7-13(12)19/h2-8,14,21H,19-20H2,1H3. The number of rotatable bonds is 3. The first-order valence-electron chi connectivity index (χ1n) is 6.32. The van der Waals surface area contributed by atoms with E-state index in [1.165, 1.54) is 6.07 Å². The lowest BCUT2D eigenvalue weighted by molar-refractivity contribution is -0.137. The highest BCUT2D eigenvalue weighted by molar-refractivity contribution is 5.53.